The minimum Gasteiger partial charge on any atom is -0.345 e. The van der Waals surface area contributed by atoms with Gasteiger partial charge < -0.3 is 14.8 Å². The summed E-state index contributed by atoms with van der Waals surface area (Å²) in [6.07, 6.45) is 7.44. The third-order valence-electron chi connectivity index (χ3n) is 6.79. The SMILES string of the molecule is CN(C)C(=O)c1cn(C2CCC23CCN(C(=O)c2ccc4nc[nH]c4c2)CC3)nn1. The minimum atomic E-state index is -0.135. The zero-order chi connectivity index (χ0) is 20.9. The van der Waals surface area contributed by atoms with Gasteiger partial charge in [0.25, 0.3) is 11.8 Å². The highest BCUT2D eigenvalue weighted by molar-refractivity contribution is 5.97. The Bertz CT molecular complexity index is 1110. The first-order valence-corrected chi connectivity index (χ1v) is 10.3. The number of carbonyl (C=O) groups is 2. The zero-order valence-electron chi connectivity index (χ0n) is 17.2. The lowest BCUT2D eigenvalue weighted by Crippen LogP contribution is -2.51. The second-order valence-corrected chi connectivity index (χ2v) is 8.63. The molecule has 1 unspecified atom stereocenters. The van der Waals surface area contributed by atoms with Gasteiger partial charge in [-0.25, -0.2) is 9.67 Å². The molecule has 1 N–H and O–H groups in total. The molecule has 1 aromatic carbocycles. The molecule has 1 atom stereocenters. The zero-order valence-corrected chi connectivity index (χ0v) is 17.2. The molecule has 9 heteroatoms. The lowest BCUT2D eigenvalue weighted by Gasteiger charge is -2.53. The number of aromatic amines is 1. The molecule has 1 aliphatic heterocycles. The quantitative estimate of drug-likeness (QED) is 0.717. The smallest absolute Gasteiger partial charge is 0.275 e. The van der Waals surface area contributed by atoms with Crippen molar-refractivity contribution in [3.05, 3.63) is 42.0 Å². The van der Waals surface area contributed by atoms with E-state index in [4.69, 9.17) is 0 Å². The van der Waals surface area contributed by atoms with Crippen LogP contribution in [0.4, 0.5) is 0 Å². The number of carbonyl (C=O) groups excluding carboxylic acids is 2. The molecule has 5 rings (SSSR count). The maximum Gasteiger partial charge on any atom is 0.275 e. The summed E-state index contributed by atoms with van der Waals surface area (Å²) in [5.41, 5.74) is 2.94. The summed E-state index contributed by atoms with van der Waals surface area (Å²) < 4.78 is 1.86. The topological polar surface area (TPSA) is 100 Å². The number of amides is 2. The van der Waals surface area contributed by atoms with Crippen molar-refractivity contribution in [3.8, 4) is 0 Å². The van der Waals surface area contributed by atoms with Crippen LogP contribution in [-0.4, -0.2) is 73.8 Å². The van der Waals surface area contributed by atoms with Crippen molar-refractivity contribution < 1.29 is 9.59 Å². The molecule has 156 valence electrons. The number of nitrogens with one attached hydrogen (secondary N) is 1. The van der Waals surface area contributed by atoms with E-state index in [0.29, 0.717) is 11.3 Å². The average molecular weight is 407 g/mol. The van der Waals surface area contributed by atoms with Crippen molar-refractivity contribution in [2.45, 2.75) is 31.7 Å². The monoisotopic (exact) mass is 407 g/mol. The molecule has 2 aromatic heterocycles. The van der Waals surface area contributed by atoms with E-state index in [0.717, 1.165) is 49.8 Å². The van der Waals surface area contributed by atoms with Crippen LogP contribution in [-0.2, 0) is 0 Å². The Morgan fingerprint density at radius 3 is 2.70 bits per heavy atom. The van der Waals surface area contributed by atoms with Crippen LogP contribution in [0.15, 0.2) is 30.7 Å². The number of rotatable bonds is 3. The van der Waals surface area contributed by atoms with E-state index in [-0.39, 0.29) is 23.3 Å². The molecule has 1 saturated carbocycles. The van der Waals surface area contributed by atoms with Crippen LogP contribution >= 0.6 is 0 Å². The first kappa shape index (κ1) is 18.8. The summed E-state index contributed by atoms with van der Waals surface area (Å²) in [5.74, 6) is -0.0684. The number of hydrogen-bond acceptors (Lipinski definition) is 5. The van der Waals surface area contributed by atoms with Crippen LogP contribution in [0.25, 0.3) is 11.0 Å². The third-order valence-corrected chi connectivity index (χ3v) is 6.79. The summed E-state index contributed by atoms with van der Waals surface area (Å²) >= 11 is 0. The van der Waals surface area contributed by atoms with Gasteiger partial charge in [0.1, 0.15) is 0 Å². The molecule has 3 aromatic rings. The lowest BCUT2D eigenvalue weighted by atomic mass is 9.59. The van der Waals surface area contributed by atoms with Gasteiger partial charge in [0.15, 0.2) is 5.69 Å². The Hall–Kier alpha value is -3.23. The van der Waals surface area contributed by atoms with E-state index in [2.05, 4.69) is 20.3 Å². The number of nitrogens with zero attached hydrogens (tertiary/aromatic N) is 6. The van der Waals surface area contributed by atoms with Gasteiger partial charge in [0.05, 0.1) is 29.6 Å². The summed E-state index contributed by atoms with van der Waals surface area (Å²) in [4.78, 5) is 35.9. The van der Waals surface area contributed by atoms with E-state index in [1.807, 2.05) is 27.8 Å². The normalized spacial score (nSPS) is 20.3. The fourth-order valence-electron chi connectivity index (χ4n) is 4.84. The Kier molecular flexibility index (Phi) is 4.34. The van der Waals surface area contributed by atoms with Gasteiger partial charge in [-0.05, 0) is 49.3 Å². The molecule has 9 nitrogen and oxygen atoms in total. The first-order chi connectivity index (χ1) is 14.5. The minimum absolute atomic E-state index is 0.0665. The van der Waals surface area contributed by atoms with Crippen LogP contribution in [0.1, 0.15) is 52.6 Å². The van der Waals surface area contributed by atoms with E-state index in [1.165, 1.54) is 4.90 Å². The molecule has 1 spiro atoms. The second-order valence-electron chi connectivity index (χ2n) is 8.63. The van der Waals surface area contributed by atoms with E-state index < -0.39 is 0 Å². The van der Waals surface area contributed by atoms with Crippen LogP contribution in [0.2, 0.25) is 0 Å². The summed E-state index contributed by atoms with van der Waals surface area (Å²) in [6, 6.07) is 5.84. The maximum absolute atomic E-state index is 13.0. The molecule has 1 aliphatic carbocycles. The van der Waals surface area contributed by atoms with Crippen LogP contribution in [0.3, 0.4) is 0 Å². The van der Waals surface area contributed by atoms with Gasteiger partial charge in [0.2, 0.25) is 0 Å². The molecular weight excluding hydrogens is 382 g/mol. The van der Waals surface area contributed by atoms with Crippen molar-refractivity contribution in [1.82, 2.24) is 34.8 Å². The fraction of sp³-hybridized carbons (Fsp3) is 0.476. The number of likely N-dealkylation sites (tertiary alicyclic amines) is 1. The Labute approximate surface area is 174 Å². The standard InChI is InChI=1S/C21H25N7O2/c1-26(2)20(30)17-12-28(25-24-17)18-5-6-21(18)7-9-27(10-8-21)19(29)14-3-4-15-16(11-14)23-13-22-15/h3-4,11-13,18H,5-10H2,1-2H3,(H,22,23). The van der Waals surface area contributed by atoms with Crippen molar-refractivity contribution in [1.29, 1.82) is 0 Å². The number of hydrogen-bond donors (Lipinski definition) is 1. The largest absolute Gasteiger partial charge is 0.345 e. The van der Waals surface area contributed by atoms with Crippen molar-refractivity contribution >= 4 is 22.8 Å². The third kappa shape index (κ3) is 2.96. The molecule has 30 heavy (non-hydrogen) atoms. The molecular formula is C21H25N7O2. The number of imidazole rings is 1. The molecule has 2 amide bonds. The Morgan fingerprint density at radius 2 is 2.00 bits per heavy atom. The maximum atomic E-state index is 13.0. The number of aromatic nitrogens is 5. The van der Waals surface area contributed by atoms with Crippen LogP contribution < -0.4 is 0 Å². The molecule has 2 fully saturated rings. The summed E-state index contributed by atoms with van der Waals surface area (Å²) in [6.45, 7) is 1.46. The first-order valence-electron chi connectivity index (χ1n) is 10.3. The molecule has 3 heterocycles. The summed E-state index contributed by atoms with van der Waals surface area (Å²) in [7, 11) is 3.42. The molecule has 0 radical (unpaired) electrons. The van der Waals surface area contributed by atoms with Gasteiger partial charge in [-0.3, -0.25) is 9.59 Å². The van der Waals surface area contributed by atoms with Gasteiger partial charge in [0, 0.05) is 32.7 Å². The van der Waals surface area contributed by atoms with Crippen molar-refractivity contribution in [2.75, 3.05) is 27.2 Å². The number of fused-ring (bicyclic) bond motifs is 1. The number of H-pyrrole nitrogens is 1. The second kappa shape index (κ2) is 6.93. The van der Waals surface area contributed by atoms with Gasteiger partial charge in [-0.1, -0.05) is 5.21 Å². The Morgan fingerprint density at radius 1 is 1.20 bits per heavy atom. The van der Waals surface area contributed by atoms with E-state index in [9.17, 15) is 9.59 Å². The fourth-order valence-corrected chi connectivity index (χ4v) is 4.84. The van der Waals surface area contributed by atoms with Crippen LogP contribution in [0, 0.1) is 5.41 Å². The van der Waals surface area contributed by atoms with Gasteiger partial charge in [-0.15, -0.1) is 5.10 Å². The van der Waals surface area contributed by atoms with E-state index in [1.54, 1.807) is 26.6 Å². The van der Waals surface area contributed by atoms with Gasteiger partial charge >= 0.3 is 0 Å². The van der Waals surface area contributed by atoms with Crippen molar-refractivity contribution in [2.24, 2.45) is 5.41 Å². The Balaban J connectivity index is 1.27. The lowest BCUT2D eigenvalue weighted by molar-refractivity contribution is -0.0268. The highest BCUT2D eigenvalue weighted by atomic mass is 16.2. The molecule has 1 saturated heterocycles. The van der Waals surface area contributed by atoms with Crippen LogP contribution in [0.5, 0.6) is 0 Å². The predicted molar refractivity (Wildman–Crippen MR) is 110 cm³/mol. The molecule has 2 aliphatic rings. The molecule has 0 bridgehead atoms. The number of piperidine rings is 1. The highest BCUT2D eigenvalue weighted by Crippen LogP contribution is 2.56. The van der Waals surface area contributed by atoms with E-state index >= 15 is 0 Å². The summed E-state index contributed by atoms with van der Waals surface area (Å²) in [5, 5.41) is 8.32. The van der Waals surface area contributed by atoms with Gasteiger partial charge in [-0.2, -0.15) is 0 Å². The predicted octanol–water partition coefficient (Wildman–Crippen LogP) is 2.11. The van der Waals surface area contributed by atoms with Crippen molar-refractivity contribution in [3.63, 3.8) is 0 Å². The average Bonchev–Trinajstić information content (AvgIpc) is 3.41. The number of benzene rings is 1. The highest BCUT2D eigenvalue weighted by Gasteiger charge is 2.50.